The van der Waals surface area contributed by atoms with Gasteiger partial charge in [0, 0.05) is 56.8 Å². The Morgan fingerprint density at radius 3 is 2.50 bits per heavy atom. The van der Waals surface area contributed by atoms with Crippen LogP contribution in [0.15, 0.2) is 42.5 Å². The molecule has 1 spiro atoms. The highest BCUT2D eigenvalue weighted by molar-refractivity contribution is 5.92. The molecule has 0 radical (unpaired) electrons. The number of fused-ring (bicyclic) bond motifs is 1. The summed E-state index contributed by atoms with van der Waals surface area (Å²) in [6, 6.07) is 12.3. The number of hydrogen-bond donors (Lipinski definition) is 1. The lowest BCUT2D eigenvalue weighted by Gasteiger charge is -2.35. The molecule has 9 heteroatoms. The van der Waals surface area contributed by atoms with Crippen LogP contribution in [0.1, 0.15) is 25.7 Å². The van der Waals surface area contributed by atoms with Crippen molar-refractivity contribution in [3.05, 3.63) is 52.6 Å². The molecule has 1 saturated carbocycles. The predicted octanol–water partition coefficient (Wildman–Crippen LogP) is 3.40. The van der Waals surface area contributed by atoms with Gasteiger partial charge in [0.1, 0.15) is 5.69 Å². The molecule has 2 aliphatic heterocycles. The van der Waals surface area contributed by atoms with Gasteiger partial charge in [0.05, 0.1) is 11.5 Å². The van der Waals surface area contributed by atoms with E-state index in [2.05, 4.69) is 10.2 Å². The van der Waals surface area contributed by atoms with E-state index in [9.17, 15) is 14.9 Å². The quantitative estimate of drug-likeness (QED) is 0.564. The topological polar surface area (TPSA) is 97.2 Å². The van der Waals surface area contributed by atoms with Crippen molar-refractivity contribution in [1.29, 1.82) is 0 Å². The summed E-state index contributed by atoms with van der Waals surface area (Å²) in [5.74, 6) is 0.802. The summed E-state index contributed by atoms with van der Waals surface area (Å²) in [4.78, 5) is 27.6. The molecule has 3 aliphatic rings. The summed E-state index contributed by atoms with van der Waals surface area (Å²) in [5.41, 5.74) is 1.42. The Kier molecular flexibility index (Phi) is 5.34. The zero-order chi connectivity index (χ0) is 22.1. The van der Waals surface area contributed by atoms with E-state index < -0.39 is 5.79 Å². The Hall–Kier alpha value is -3.33. The fraction of sp³-hybridized carbons (Fsp3) is 0.435. The molecule has 5 rings (SSSR count). The van der Waals surface area contributed by atoms with E-state index in [1.54, 1.807) is 12.1 Å². The van der Waals surface area contributed by atoms with E-state index in [1.165, 1.54) is 6.07 Å². The second-order valence-corrected chi connectivity index (χ2v) is 8.54. The number of piperazine rings is 1. The van der Waals surface area contributed by atoms with Gasteiger partial charge >= 0.3 is 0 Å². The smallest absolute Gasteiger partial charge is 0.292 e. The van der Waals surface area contributed by atoms with Crippen LogP contribution in [0.4, 0.5) is 17.1 Å². The number of carbonyl (C=O) groups excluding carboxylic acids is 1. The molecule has 0 unspecified atom stereocenters. The zero-order valence-corrected chi connectivity index (χ0v) is 17.8. The fourth-order valence-electron chi connectivity index (χ4n) is 4.73. The first-order valence-corrected chi connectivity index (χ1v) is 11.0. The van der Waals surface area contributed by atoms with E-state index in [-0.39, 0.29) is 23.1 Å². The Bertz CT molecular complexity index is 1030. The summed E-state index contributed by atoms with van der Waals surface area (Å²) in [6.45, 7) is 2.84. The maximum atomic E-state index is 12.6. The normalized spacial score (nSPS) is 19.3. The van der Waals surface area contributed by atoms with Gasteiger partial charge in [0.25, 0.3) is 11.5 Å². The third-order valence-electron chi connectivity index (χ3n) is 6.34. The van der Waals surface area contributed by atoms with Gasteiger partial charge in [-0.3, -0.25) is 19.8 Å². The number of ether oxygens (including phenoxy) is 2. The van der Waals surface area contributed by atoms with Crippen LogP contribution in [-0.2, 0) is 4.79 Å². The number of para-hydroxylation sites is 2. The Labute approximate surface area is 186 Å². The SMILES string of the molecule is O=C(CN1CCN(c2ccccc2[N+](=O)[O-])CC1)Nc1ccc2c(c1)OC1(CCCC1)O2. The number of anilines is 2. The third-order valence-corrected chi connectivity index (χ3v) is 6.34. The van der Waals surface area contributed by atoms with Gasteiger partial charge < -0.3 is 19.7 Å². The van der Waals surface area contributed by atoms with Crippen LogP contribution in [0.3, 0.4) is 0 Å². The first kappa shape index (κ1) is 20.6. The highest BCUT2D eigenvalue weighted by atomic mass is 16.7. The van der Waals surface area contributed by atoms with Gasteiger partial charge in [0.2, 0.25) is 5.91 Å². The maximum absolute atomic E-state index is 12.6. The molecule has 0 aromatic heterocycles. The molecule has 0 bridgehead atoms. The first-order valence-electron chi connectivity index (χ1n) is 11.0. The second-order valence-electron chi connectivity index (χ2n) is 8.54. The van der Waals surface area contributed by atoms with Gasteiger partial charge in [-0.1, -0.05) is 12.1 Å². The molecule has 1 saturated heterocycles. The van der Waals surface area contributed by atoms with Crippen LogP contribution in [0.2, 0.25) is 0 Å². The monoisotopic (exact) mass is 438 g/mol. The molecule has 2 aromatic rings. The van der Waals surface area contributed by atoms with E-state index >= 15 is 0 Å². The van der Waals surface area contributed by atoms with Crippen molar-refractivity contribution in [2.24, 2.45) is 0 Å². The van der Waals surface area contributed by atoms with E-state index in [1.807, 2.05) is 29.2 Å². The second kappa shape index (κ2) is 8.31. The van der Waals surface area contributed by atoms with E-state index in [4.69, 9.17) is 9.47 Å². The Morgan fingerprint density at radius 1 is 1.03 bits per heavy atom. The molecule has 1 aliphatic carbocycles. The van der Waals surface area contributed by atoms with Crippen LogP contribution in [0, 0.1) is 10.1 Å². The fourth-order valence-corrected chi connectivity index (χ4v) is 4.73. The minimum Gasteiger partial charge on any atom is -0.448 e. The highest BCUT2D eigenvalue weighted by Gasteiger charge is 2.44. The number of amides is 1. The van der Waals surface area contributed by atoms with Gasteiger partial charge in [-0.2, -0.15) is 0 Å². The number of nitrogens with one attached hydrogen (secondary N) is 1. The van der Waals surface area contributed by atoms with E-state index in [0.29, 0.717) is 43.3 Å². The number of hydrogen-bond acceptors (Lipinski definition) is 7. The molecular weight excluding hydrogens is 412 g/mol. The number of carbonyl (C=O) groups is 1. The predicted molar refractivity (Wildman–Crippen MR) is 119 cm³/mol. The molecule has 2 heterocycles. The molecule has 1 amide bonds. The number of rotatable bonds is 5. The van der Waals surface area contributed by atoms with Crippen molar-refractivity contribution in [1.82, 2.24) is 4.90 Å². The standard InChI is InChI=1S/C23H26N4O5/c28-22(24-17-7-8-20-21(15-17)32-23(31-20)9-3-4-10-23)16-25-11-13-26(14-12-25)18-5-1-2-6-19(18)27(29)30/h1-2,5-8,15H,3-4,9-14,16H2,(H,24,28). The van der Waals surface area contributed by atoms with Crippen LogP contribution in [0.5, 0.6) is 11.5 Å². The minimum absolute atomic E-state index is 0.0985. The molecule has 32 heavy (non-hydrogen) atoms. The maximum Gasteiger partial charge on any atom is 0.292 e. The van der Waals surface area contributed by atoms with Crippen LogP contribution < -0.4 is 19.7 Å². The average molecular weight is 438 g/mol. The molecule has 0 atom stereocenters. The molecule has 2 aromatic carbocycles. The number of nitro groups is 1. The zero-order valence-electron chi connectivity index (χ0n) is 17.8. The van der Waals surface area contributed by atoms with Crippen molar-refractivity contribution in [2.75, 3.05) is 42.9 Å². The minimum atomic E-state index is -0.515. The van der Waals surface area contributed by atoms with Crippen LogP contribution in [-0.4, -0.2) is 54.2 Å². The van der Waals surface area contributed by atoms with Crippen molar-refractivity contribution in [3.63, 3.8) is 0 Å². The summed E-state index contributed by atoms with van der Waals surface area (Å²) in [7, 11) is 0. The Morgan fingerprint density at radius 2 is 1.75 bits per heavy atom. The molecular formula is C23H26N4O5. The lowest BCUT2D eigenvalue weighted by Crippen LogP contribution is -2.48. The van der Waals surface area contributed by atoms with Gasteiger partial charge in [-0.25, -0.2) is 0 Å². The van der Waals surface area contributed by atoms with Gasteiger partial charge in [-0.15, -0.1) is 0 Å². The molecule has 1 N–H and O–H groups in total. The first-order chi connectivity index (χ1) is 15.5. The number of benzene rings is 2. The summed E-state index contributed by atoms with van der Waals surface area (Å²) < 4.78 is 12.1. The van der Waals surface area contributed by atoms with Crippen molar-refractivity contribution < 1.29 is 19.2 Å². The lowest BCUT2D eigenvalue weighted by atomic mass is 10.2. The number of nitrogens with zero attached hydrogens (tertiary/aromatic N) is 3. The van der Waals surface area contributed by atoms with Gasteiger partial charge in [0.15, 0.2) is 11.5 Å². The molecule has 9 nitrogen and oxygen atoms in total. The largest absolute Gasteiger partial charge is 0.448 e. The summed E-state index contributed by atoms with van der Waals surface area (Å²) >= 11 is 0. The summed E-state index contributed by atoms with van der Waals surface area (Å²) in [6.07, 6.45) is 3.98. The average Bonchev–Trinajstić information content (AvgIpc) is 3.39. The summed E-state index contributed by atoms with van der Waals surface area (Å²) in [5, 5.41) is 14.2. The van der Waals surface area contributed by atoms with Gasteiger partial charge in [-0.05, 0) is 31.0 Å². The van der Waals surface area contributed by atoms with Crippen molar-refractivity contribution >= 4 is 23.0 Å². The molecule has 2 fully saturated rings. The van der Waals surface area contributed by atoms with Crippen molar-refractivity contribution in [2.45, 2.75) is 31.5 Å². The van der Waals surface area contributed by atoms with Crippen LogP contribution >= 0.6 is 0 Å². The Balaban J connectivity index is 1.15. The third kappa shape index (κ3) is 4.08. The molecule has 168 valence electrons. The lowest BCUT2D eigenvalue weighted by molar-refractivity contribution is -0.384. The van der Waals surface area contributed by atoms with Crippen molar-refractivity contribution in [3.8, 4) is 11.5 Å². The van der Waals surface area contributed by atoms with E-state index in [0.717, 1.165) is 31.4 Å². The highest BCUT2D eigenvalue weighted by Crippen LogP contribution is 2.47. The number of nitro benzene ring substituents is 1. The van der Waals surface area contributed by atoms with Crippen LogP contribution in [0.25, 0.3) is 0 Å².